The van der Waals surface area contributed by atoms with Gasteiger partial charge in [-0.25, -0.2) is 0 Å². The van der Waals surface area contributed by atoms with Crippen LogP contribution in [0.4, 0.5) is 0 Å². The van der Waals surface area contributed by atoms with E-state index in [-0.39, 0.29) is 5.92 Å². The Kier molecular flexibility index (Phi) is 2.81. The van der Waals surface area contributed by atoms with Gasteiger partial charge in [0.2, 0.25) is 0 Å². The molecule has 2 aromatic carbocycles. The lowest BCUT2D eigenvalue weighted by atomic mass is 9.45. The Morgan fingerprint density at radius 1 is 0.857 bits per heavy atom. The molecule has 0 heterocycles. The molecule has 0 N–H and O–H groups in total. The van der Waals surface area contributed by atoms with Crippen LogP contribution in [0, 0.1) is 11.8 Å². The van der Waals surface area contributed by atoms with Gasteiger partial charge in [-0.05, 0) is 29.9 Å². The highest BCUT2D eigenvalue weighted by Crippen LogP contribution is 2.57. The molecule has 2 aromatic rings. The van der Waals surface area contributed by atoms with Crippen molar-refractivity contribution in [2.45, 2.75) is 18.3 Å². The predicted octanol–water partition coefficient (Wildman–Crippen LogP) is 4.14. The minimum absolute atomic E-state index is 0.110. The van der Waals surface area contributed by atoms with Crippen LogP contribution >= 0.6 is 0 Å². The summed E-state index contributed by atoms with van der Waals surface area (Å²) in [5.74, 6) is 0.875. The Hall–Kier alpha value is -2.15. The number of ketones is 1. The summed E-state index contributed by atoms with van der Waals surface area (Å²) in [5.41, 5.74) is 1.87. The van der Waals surface area contributed by atoms with E-state index in [1.807, 2.05) is 36.4 Å². The summed E-state index contributed by atoms with van der Waals surface area (Å²) in [4.78, 5) is 13.1. The zero-order valence-electron chi connectivity index (χ0n) is 11.9. The Morgan fingerprint density at radius 3 is 2.00 bits per heavy atom. The van der Waals surface area contributed by atoms with Gasteiger partial charge in [-0.3, -0.25) is 4.79 Å². The summed E-state index contributed by atoms with van der Waals surface area (Å²) in [6, 6.07) is 20.6. The minimum Gasteiger partial charge on any atom is -0.298 e. The molecule has 1 saturated carbocycles. The number of Topliss-reactive ketones (excluding diaryl/α,β-unsaturated/α-hetero) is 1. The summed E-state index contributed by atoms with van der Waals surface area (Å²) in [5, 5.41) is 0. The Morgan fingerprint density at radius 2 is 1.43 bits per heavy atom. The van der Waals surface area contributed by atoms with Crippen LogP contribution < -0.4 is 0 Å². The Balaban J connectivity index is 1.93. The maximum Gasteiger partial charge on any atom is 0.155 e. The number of benzene rings is 2. The second kappa shape index (κ2) is 4.70. The molecule has 2 aliphatic rings. The number of allylic oxidation sites excluding steroid dienone is 2. The van der Waals surface area contributed by atoms with Gasteiger partial charge in [0.25, 0.3) is 0 Å². The van der Waals surface area contributed by atoms with Gasteiger partial charge in [0.15, 0.2) is 5.78 Å². The van der Waals surface area contributed by atoms with Crippen LogP contribution in [0.2, 0.25) is 0 Å². The lowest BCUT2D eigenvalue weighted by molar-refractivity contribution is -0.141. The standard InChI is InChI=1S/C20H18O/c21-19-17-13-7-8-14-18(17)20(19,15-9-3-1-4-10-15)16-11-5-2-6-12-16/h1-7,9-13,17-18H,8,14H2. The van der Waals surface area contributed by atoms with Crippen molar-refractivity contribution in [2.24, 2.45) is 11.8 Å². The Labute approximate surface area is 125 Å². The van der Waals surface area contributed by atoms with Crippen molar-refractivity contribution in [1.29, 1.82) is 0 Å². The molecule has 0 saturated heterocycles. The third-order valence-corrected chi connectivity index (χ3v) is 5.13. The molecule has 0 aliphatic heterocycles. The molecular weight excluding hydrogens is 256 g/mol. The van der Waals surface area contributed by atoms with E-state index in [0.717, 1.165) is 24.0 Å². The predicted molar refractivity (Wildman–Crippen MR) is 84.0 cm³/mol. The number of carbonyl (C=O) groups excluding carboxylic acids is 1. The number of hydrogen-bond acceptors (Lipinski definition) is 1. The van der Waals surface area contributed by atoms with Gasteiger partial charge in [-0.15, -0.1) is 0 Å². The third-order valence-electron chi connectivity index (χ3n) is 5.13. The SMILES string of the molecule is O=C1C2C=CCCC2C1(c1ccccc1)c1ccccc1. The van der Waals surface area contributed by atoms with E-state index in [2.05, 4.69) is 36.4 Å². The second-order valence-corrected chi connectivity index (χ2v) is 6.04. The summed E-state index contributed by atoms with van der Waals surface area (Å²) in [6.07, 6.45) is 6.46. The van der Waals surface area contributed by atoms with Crippen molar-refractivity contribution in [3.8, 4) is 0 Å². The van der Waals surface area contributed by atoms with Gasteiger partial charge in [-0.1, -0.05) is 72.8 Å². The maximum atomic E-state index is 13.1. The molecule has 0 bridgehead atoms. The van der Waals surface area contributed by atoms with Crippen molar-refractivity contribution in [3.63, 3.8) is 0 Å². The molecule has 1 nitrogen and oxygen atoms in total. The van der Waals surface area contributed by atoms with Crippen LogP contribution in [-0.2, 0) is 10.2 Å². The van der Waals surface area contributed by atoms with Crippen LogP contribution in [0.1, 0.15) is 24.0 Å². The van der Waals surface area contributed by atoms with Gasteiger partial charge < -0.3 is 0 Å². The molecule has 21 heavy (non-hydrogen) atoms. The summed E-state index contributed by atoms with van der Waals surface area (Å²) in [6.45, 7) is 0. The van der Waals surface area contributed by atoms with Crippen molar-refractivity contribution < 1.29 is 4.79 Å². The summed E-state index contributed by atoms with van der Waals surface area (Å²) in [7, 11) is 0. The molecule has 0 amide bonds. The molecule has 0 aromatic heterocycles. The van der Waals surface area contributed by atoms with Crippen LogP contribution in [0.15, 0.2) is 72.8 Å². The molecule has 0 radical (unpaired) electrons. The van der Waals surface area contributed by atoms with Crippen LogP contribution in [0.3, 0.4) is 0 Å². The molecule has 2 aliphatic carbocycles. The van der Waals surface area contributed by atoms with Crippen molar-refractivity contribution >= 4 is 5.78 Å². The largest absolute Gasteiger partial charge is 0.298 e. The molecular formula is C20H18O. The monoisotopic (exact) mass is 274 g/mol. The fraction of sp³-hybridized carbons (Fsp3) is 0.250. The minimum atomic E-state index is -0.433. The van der Waals surface area contributed by atoms with Gasteiger partial charge >= 0.3 is 0 Å². The fourth-order valence-electron chi connectivity index (χ4n) is 4.22. The zero-order chi connectivity index (χ0) is 14.3. The molecule has 1 fully saturated rings. The molecule has 4 rings (SSSR count). The zero-order valence-corrected chi connectivity index (χ0v) is 11.9. The summed E-state index contributed by atoms with van der Waals surface area (Å²) >= 11 is 0. The van der Waals surface area contributed by atoms with Crippen LogP contribution in [-0.4, -0.2) is 5.78 Å². The highest BCUT2D eigenvalue weighted by molar-refractivity contribution is 6.03. The fourth-order valence-corrected chi connectivity index (χ4v) is 4.22. The van der Waals surface area contributed by atoms with Crippen molar-refractivity contribution in [1.82, 2.24) is 0 Å². The van der Waals surface area contributed by atoms with Crippen LogP contribution in [0.25, 0.3) is 0 Å². The normalized spacial score (nSPS) is 26.0. The first-order valence-corrected chi connectivity index (χ1v) is 7.67. The lowest BCUT2D eigenvalue weighted by Crippen LogP contribution is -2.61. The highest BCUT2D eigenvalue weighted by Gasteiger charge is 2.62. The smallest absolute Gasteiger partial charge is 0.155 e. The van der Waals surface area contributed by atoms with E-state index >= 15 is 0 Å². The molecule has 104 valence electrons. The van der Waals surface area contributed by atoms with Gasteiger partial charge in [0.05, 0.1) is 5.41 Å². The summed E-state index contributed by atoms with van der Waals surface area (Å²) < 4.78 is 0. The maximum absolute atomic E-state index is 13.1. The molecule has 0 spiro atoms. The molecule has 2 unspecified atom stereocenters. The third kappa shape index (κ3) is 1.61. The van der Waals surface area contributed by atoms with E-state index < -0.39 is 5.41 Å². The Bertz CT molecular complexity index is 645. The van der Waals surface area contributed by atoms with Gasteiger partial charge in [0.1, 0.15) is 0 Å². The van der Waals surface area contributed by atoms with E-state index in [9.17, 15) is 4.79 Å². The molecule has 2 atom stereocenters. The number of fused-ring (bicyclic) bond motifs is 1. The first kappa shape index (κ1) is 12.6. The van der Waals surface area contributed by atoms with E-state index in [1.54, 1.807) is 0 Å². The highest BCUT2D eigenvalue weighted by atomic mass is 16.1. The molecule has 1 heteroatoms. The average Bonchev–Trinajstić information content (AvgIpc) is 2.57. The number of rotatable bonds is 2. The number of hydrogen-bond donors (Lipinski definition) is 0. The van der Waals surface area contributed by atoms with Crippen molar-refractivity contribution in [2.75, 3.05) is 0 Å². The quantitative estimate of drug-likeness (QED) is 0.752. The van der Waals surface area contributed by atoms with Gasteiger partial charge in [-0.2, -0.15) is 0 Å². The lowest BCUT2D eigenvalue weighted by Gasteiger charge is -2.54. The van der Waals surface area contributed by atoms with Crippen LogP contribution in [0.5, 0.6) is 0 Å². The van der Waals surface area contributed by atoms with E-state index in [0.29, 0.717) is 11.7 Å². The first-order chi connectivity index (χ1) is 10.3. The van der Waals surface area contributed by atoms with E-state index in [4.69, 9.17) is 0 Å². The van der Waals surface area contributed by atoms with E-state index in [1.165, 1.54) is 0 Å². The van der Waals surface area contributed by atoms with Crippen molar-refractivity contribution in [3.05, 3.63) is 83.9 Å². The average molecular weight is 274 g/mol. The second-order valence-electron chi connectivity index (χ2n) is 6.04. The number of carbonyl (C=O) groups is 1. The first-order valence-electron chi connectivity index (χ1n) is 7.67. The van der Waals surface area contributed by atoms with Gasteiger partial charge in [0, 0.05) is 5.92 Å². The topological polar surface area (TPSA) is 17.1 Å².